The van der Waals surface area contributed by atoms with E-state index in [4.69, 9.17) is 0 Å². The molecule has 3 aromatic rings. The molecule has 0 N–H and O–H groups in total. The highest BCUT2D eigenvalue weighted by Crippen LogP contribution is 2.41. The summed E-state index contributed by atoms with van der Waals surface area (Å²) in [5, 5.41) is 9.00. The lowest BCUT2D eigenvalue weighted by atomic mass is 10.1. The Labute approximate surface area is 167 Å². The summed E-state index contributed by atoms with van der Waals surface area (Å²) in [5.41, 5.74) is 3.27. The average Bonchev–Trinajstić information content (AvgIpc) is 3.39. The van der Waals surface area contributed by atoms with Gasteiger partial charge in [0.25, 0.3) is 6.43 Å². The molecule has 0 spiro atoms. The van der Waals surface area contributed by atoms with E-state index in [1.165, 1.54) is 10.7 Å². The summed E-state index contributed by atoms with van der Waals surface area (Å²) in [5.74, 6) is 0.0577. The summed E-state index contributed by atoms with van der Waals surface area (Å²) >= 11 is 0. The van der Waals surface area contributed by atoms with Crippen LogP contribution in [0.3, 0.4) is 0 Å². The molecule has 0 bridgehead atoms. The summed E-state index contributed by atoms with van der Waals surface area (Å²) < 4.78 is 30.5. The number of carbonyl (C=O) groups is 1. The Morgan fingerprint density at radius 1 is 1.28 bits per heavy atom. The molecule has 29 heavy (non-hydrogen) atoms. The number of fused-ring (bicyclic) bond motifs is 1. The van der Waals surface area contributed by atoms with E-state index in [0.717, 1.165) is 24.1 Å². The molecule has 7 nitrogen and oxygen atoms in total. The normalized spacial score (nSPS) is 14.2. The Morgan fingerprint density at radius 2 is 2.00 bits per heavy atom. The molecule has 4 rings (SSSR count). The third-order valence-corrected chi connectivity index (χ3v) is 5.39. The SMILES string of the molecule is Cc1nn(C)cc1CN(C)C(=O)Cn1nc(C)c2c(C(F)F)cc(C3CC3)nc21. The second kappa shape index (κ2) is 7.20. The van der Waals surface area contributed by atoms with Crippen molar-refractivity contribution in [3.05, 3.63) is 40.5 Å². The van der Waals surface area contributed by atoms with Crippen molar-refractivity contribution in [1.29, 1.82) is 0 Å². The zero-order chi connectivity index (χ0) is 20.9. The van der Waals surface area contributed by atoms with Gasteiger partial charge in [-0.25, -0.2) is 18.4 Å². The highest BCUT2D eigenvalue weighted by atomic mass is 19.3. The Kier molecular flexibility index (Phi) is 4.84. The van der Waals surface area contributed by atoms with Gasteiger partial charge in [0.05, 0.1) is 16.8 Å². The van der Waals surface area contributed by atoms with E-state index in [-0.39, 0.29) is 23.9 Å². The fourth-order valence-electron chi connectivity index (χ4n) is 3.67. The standard InChI is InChI=1S/C20H24F2N6O/c1-11-14(9-27(4)24-11)8-26(3)17(29)10-28-20-18(12(2)25-28)15(19(21)22)7-16(23-20)13-5-6-13/h7,9,13,19H,5-6,8,10H2,1-4H3. The second-order valence-electron chi connectivity index (χ2n) is 7.82. The van der Waals surface area contributed by atoms with Crippen LogP contribution in [-0.4, -0.2) is 42.4 Å². The maximum atomic E-state index is 13.7. The predicted octanol–water partition coefficient (Wildman–Crippen LogP) is 3.26. The van der Waals surface area contributed by atoms with Crippen LogP contribution in [-0.2, 0) is 24.9 Å². The Balaban J connectivity index is 1.63. The van der Waals surface area contributed by atoms with Crippen LogP contribution in [0.2, 0.25) is 0 Å². The maximum absolute atomic E-state index is 13.7. The molecule has 1 aliphatic carbocycles. The molecule has 3 aromatic heterocycles. The van der Waals surface area contributed by atoms with E-state index in [1.807, 2.05) is 20.2 Å². The van der Waals surface area contributed by atoms with Crippen LogP contribution in [0.5, 0.6) is 0 Å². The summed E-state index contributed by atoms with van der Waals surface area (Å²) in [4.78, 5) is 19.0. The zero-order valence-electron chi connectivity index (χ0n) is 17.0. The minimum Gasteiger partial charge on any atom is -0.340 e. The number of nitrogens with zero attached hydrogens (tertiary/aromatic N) is 6. The van der Waals surface area contributed by atoms with E-state index in [0.29, 0.717) is 29.0 Å². The molecular formula is C20H24F2N6O. The number of likely N-dealkylation sites (N-methyl/N-ethyl adjacent to an activating group) is 1. The van der Waals surface area contributed by atoms with Crippen molar-refractivity contribution in [3.8, 4) is 0 Å². The van der Waals surface area contributed by atoms with Crippen molar-refractivity contribution >= 4 is 16.9 Å². The maximum Gasteiger partial charge on any atom is 0.264 e. The third-order valence-electron chi connectivity index (χ3n) is 5.39. The molecule has 1 amide bonds. The quantitative estimate of drug-likeness (QED) is 0.635. The van der Waals surface area contributed by atoms with Gasteiger partial charge in [-0.2, -0.15) is 10.2 Å². The molecular weight excluding hydrogens is 378 g/mol. The van der Waals surface area contributed by atoms with Crippen LogP contribution < -0.4 is 0 Å². The first-order valence-electron chi connectivity index (χ1n) is 9.63. The van der Waals surface area contributed by atoms with Gasteiger partial charge in [0.15, 0.2) is 5.65 Å². The topological polar surface area (TPSA) is 68.8 Å². The van der Waals surface area contributed by atoms with Gasteiger partial charge in [-0.1, -0.05) is 0 Å². The minimum absolute atomic E-state index is 0.0487. The Morgan fingerprint density at radius 3 is 2.59 bits per heavy atom. The largest absolute Gasteiger partial charge is 0.340 e. The molecule has 3 heterocycles. The molecule has 1 fully saturated rings. The van der Waals surface area contributed by atoms with E-state index >= 15 is 0 Å². The van der Waals surface area contributed by atoms with Gasteiger partial charge in [0.1, 0.15) is 6.54 Å². The first kappa shape index (κ1) is 19.5. The second-order valence-corrected chi connectivity index (χ2v) is 7.82. The zero-order valence-corrected chi connectivity index (χ0v) is 17.0. The smallest absolute Gasteiger partial charge is 0.264 e. The van der Waals surface area contributed by atoms with Crippen LogP contribution in [0.15, 0.2) is 12.3 Å². The number of hydrogen-bond acceptors (Lipinski definition) is 4. The minimum atomic E-state index is -2.61. The number of hydrogen-bond donors (Lipinski definition) is 0. The molecule has 0 radical (unpaired) electrons. The molecule has 0 saturated heterocycles. The number of amides is 1. The summed E-state index contributed by atoms with van der Waals surface area (Å²) in [6.07, 6.45) is 1.19. The highest BCUT2D eigenvalue weighted by molar-refractivity contribution is 5.85. The van der Waals surface area contributed by atoms with E-state index in [9.17, 15) is 13.6 Å². The number of halogens is 2. The van der Waals surface area contributed by atoms with Crippen LogP contribution in [0.4, 0.5) is 8.78 Å². The van der Waals surface area contributed by atoms with Crippen molar-refractivity contribution < 1.29 is 13.6 Å². The lowest BCUT2D eigenvalue weighted by Gasteiger charge is -2.17. The van der Waals surface area contributed by atoms with Gasteiger partial charge in [-0.3, -0.25) is 9.48 Å². The van der Waals surface area contributed by atoms with Crippen molar-refractivity contribution in [2.24, 2.45) is 7.05 Å². The predicted molar refractivity (Wildman–Crippen MR) is 104 cm³/mol. The summed E-state index contributed by atoms with van der Waals surface area (Å²) in [6.45, 7) is 3.94. The molecule has 1 aliphatic rings. The number of pyridine rings is 1. The van der Waals surface area contributed by atoms with Gasteiger partial charge < -0.3 is 4.90 Å². The van der Waals surface area contributed by atoms with Crippen LogP contribution in [0, 0.1) is 13.8 Å². The number of aryl methyl sites for hydroxylation is 3. The van der Waals surface area contributed by atoms with Crippen LogP contribution in [0.25, 0.3) is 11.0 Å². The van der Waals surface area contributed by atoms with E-state index < -0.39 is 6.43 Å². The summed E-state index contributed by atoms with van der Waals surface area (Å²) in [7, 11) is 3.54. The summed E-state index contributed by atoms with van der Waals surface area (Å²) in [6, 6.07) is 1.50. The Hall–Kier alpha value is -2.84. The van der Waals surface area contributed by atoms with Crippen molar-refractivity contribution in [2.45, 2.75) is 52.1 Å². The van der Waals surface area contributed by atoms with Gasteiger partial charge in [-0.05, 0) is 32.8 Å². The van der Waals surface area contributed by atoms with Gasteiger partial charge >= 0.3 is 0 Å². The first-order valence-corrected chi connectivity index (χ1v) is 9.63. The van der Waals surface area contributed by atoms with E-state index in [1.54, 1.807) is 23.6 Å². The number of rotatable bonds is 6. The highest BCUT2D eigenvalue weighted by Gasteiger charge is 2.29. The van der Waals surface area contributed by atoms with Gasteiger partial charge in [0.2, 0.25) is 5.91 Å². The van der Waals surface area contributed by atoms with Crippen molar-refractivity contribution in [3.63, 3.8) is 0 Å². The average molecular weight is 402 g/mol. The molecule has 0 unspecified atom stereocenters. The number of carbonyl (C=O) groups excluding carboxylic acids is 1. The van der Waals surface area contributed by atoms with Gasteiger partial charge in [0, 0.05) is 49.6 Å². The number of alkyl halides is 2. The molecule has 154 valence electrons. The van der Waals surface area contributed by atoms with E-state index in [2.05, 4.69) is 15.2 Å². The van der Waals surface area contributed by atoms with Crippen LogP contribution in [0.1, 0.15) is 53.4 Å². The third kappa shape index (κ3) is 3.73. The number of aromatic nitrogens is 5. The van der Waals surface area contributed by atoms with Crippen LogP contribution >= 0.6 is 0 Å². The molecule has 1 saturated carbocycles. The monoisotopic (exact) mass is 402 g/mol. The molecule has 0 aromatic carbocycles. The Bertz CT molecular complexity index is 1080. The van der Waals surface area contributed by atoms with Gasteiger partial charge in [-0.15, -0.1) is 0 Å². The lowest BCUT2D eigenvalue weighted by molar-refractivity contribution is -0.131. The van der Waals surface area contributed by atoms with Crippen molar-refractivity contribution in [2.75, 3.05) is 7.05 Å². The fraction of sp³-hybridized carbons (Fsp3) is 0.500. The first-order chi connectivity index (χ1) is 13.7. The van der Waals surface area contributed by atoms with Crippen molar-refractivity contribution in [1.82, 2.24) is 29.4 Å². The molecule has 0 aliphatic heterocycles. The fourth-order valence-corrected chi connectivity index (χ4v) is 3.67. The lowest BCUT2D eigenvalue weighted by Crippen LogP contribution is -2.30. The molecule has 0 atom stereocenters. The molecule has 9 heteroatoms.